The van der Waals surface area contributed by atoms with Crippen LogP contribution in [0.15, 0.2) is 48.5 Å². The molecule has 0 heterocycles. The molecule has 1 N–H and O–H groups in total. The lowest BCUT2D eigenvalue weighted by Crippen LogP contribution is -2.31. The minimum absolute atomic E-state index is 0.0637. The van der Waals surface area contributed by atoms with Crippen molar-refractivity contribution >= 4 is 27.5 Å². The fourth-order valence-electron chi connectivity index (χ4n) is 2.06. The van der Waals surface area contributed by atoms with Crippen molar-refractivity contribution in [2.75, 3.05) is 0 Å². The first-order valence-corrected chi connectivity index (χ1v) is 9.18. The van der Waals surface area contributed by atoms with E-state index in [1.54, 1.807) is 36.4 Å². The zero-order valence-corrected chi connectivity index (χ0v) is 14.3. The van der Waals surface area contributed by atoms with Gasteiger partial charge in [-0.1, -0.05) is 35.9 Å². The molecule has 0 unspecified atom stereocenters. The van der Waals surface area contributed by atoms with Crippen molar-refractivity contribution in [2.24, 2.45) is 0 Å². The molecule has 0 bridgehead atoms. The van der Waals surface area contributed by atoms with Crippen LogP contribution in [0.4, 0.5) is 0 Å². The van der Waals surface area contributed by atoms with Crippen molar-refractivity contribution in [3.63, 3.8) is 0 Å². The van der Waals surface area contributed by atoms with Crippen LogP contribution in [0.1, 0.15) is 23.1 Å². The van der Waals surface area contributed by atoms with Crippen LogP contribution in [0.2, 0.25) is 5.02 Å². The summed E-state index contributed by atoms with van der Waals surface area (Å²) in [6.45, 7) is 0. The molecule has 1 amide bonds. The van der Waals surface area contributed by atoms with E-state index in [1.807, 2.05) is 6.07 Å². The highest BCUT2D eigenvalue weighted by Crippen LogP contribution is 2.11. The summed E-state index contributed by atoms with van der Waals surface area (Å²) >= 11 is 5.78. The fraction of sp³-hybridized carbons (Fsp3) is 0.176. The van der Waals surface area contributed by atoms with Gasteiger partial charge >= 0.3 is 0 Å². The van der Waals surface area contributed by atoms with Gasteiger partial charge in [0.15, 0.2) is 0 Å². The van der Waals surface area contributed by atoms with Crippen LogP contribution in [-0.4, -0.2) is 14.3 Å². The average molecular weight is 363 g/mol. The molecule has 0 atom stereocenters. The van der Waals surface area contributed by atoms with Crippen molar-refractivity contribution < 1.29 is 13.2 Å². The number of hydrogen-bond donors (Lipinski definition) is 1. The molecule has 0 aliphatic rings. The van der Waals surface area contributed by atoms with Gasteiger partial charge in [0.2, 0.25) is 15.9 Å². The molecule has 24 heavy (non-hydrogen) atoms. The Morgan fingerprint density at radius 1 is 1.04 bits per heavy atom. The van der Waals surface area contributed by atoms with Gasteiger partial charge in [0.1, 0.15) is 0 Å². The molecule has 0 radical (unpaired) electrons. The second-order valence-electron chi connectivity index (χ2n) is 5.22. The lowest BCUT2D eigenvalue weighted by atomic mass is 10.1. The van der Waals surface area contributed by atoms with Gasteiger partial charge in [-0.25, -0.2) is 8.42 Å². The van der Waals surface area contributed by atoms with Crippen LogP contribution in [0.25, 0.3) is 0 Å². The first-order valence-electron chi connectivity index (χ1n) is 7.15. The molecule has 7 heteroatoms. The normalized spacial score (nSPS) is 10.8. The number of carbonyl (C=O) groups is 1. The standard InChI is InChI=1S/C17H15ClN2O3S/c18-16-8-5-13(6-9-16)7-10-17(21)20-24(22,23)12-15-3-1-14(11-19)2-4-15/h1-6,8-9H,7,10,12H2,(H,20,21). The second-order valence-corrected chi connectivity index (χ2v) is 7.38. The number of rotatable bonds is 6. The summed E-state index contributed by atoms with van der Waals surface area (Å²) in [4.78, 5) is 11.8. The highest BCUT2D eigenvalue weighted by Gasteiger charge is 2.15. The summed E-state index contributed by atoms with van der Waals surface area (Å²) in [6, 6.07) is 15.2. The lowest BCUT2D eigenvalue weighted by Gasteiger charge is -2.07. The Hall–Kier alpha value is -2.36. The molecule has 5 nitrogen and oxygen atoms in total. The molecular weight excluding hydrogens is 348 g/mol. The fourth-order valence-corrected chi connectivity index (χ4v) is 3.34. The van der Waals surface area contributed by atoms with Crippen molar-refractivity contribution in [2.45, 2.75) is 18.6 Å². The summed E-state index contributed by atoms with van der Waals surface area (Å²) in [5.74, 6) is -0.871. The van der Waals surface area contributed by atoms with Crippen molar-refractivity contribution in [3.8, 4) is 6.07 Å². The van der Waals surface area contributed by atoms with Gasteiger partial charge in [-0.3, -0.25) is 9.52 Å². The number of nitrogens with zero attached hydrogens (tertiary/aromatic N) is 1. The maximum absolute atomic E-state index is 12.0. The number of hydrogen-bond acceptors (Lipinski definition) is 4. The smallest absolute Gasteiger partial charge is 0.239 e. The van der Waals surface area contributed by atoms with Gasteiger partial charge in [0.25, 0.3) is 0 Å². The Bertz CT molecular complexity index is 854. The maximum Gasteiger partial charge on any atom is 0.239 e. The first kappa shape index (κ1) is 18.0. The first-order chi connectivity index (χ1) is 11.4. The highest BCUT2D eigenvalue weighted by atomic mass is 35.5. The molecule has 0 spiro atoms. The van der Waals surface area contributed by atoms with E-state index in [9.17, 15) is 13.2 Å². The van der Waals surface area contributed by atoms with Gasteiger partial charge in [0.05, 0.1) is 17.4 Å². The van der Waals surface area contributed by atoms with E-state index in [0.717, 1.165) is 5.56 Å². The number of sulfonamides is 1. The third-order valence-electron chi connectivity index (χ3n) is 3.26. The van der Waals surface area contributed by atoms with E-state index in [-0.39, 0.29) is 12.2 Å². The Balaban J connectivity index is 1.89. The number of halogens is 1. The monoisotopic (exact) mass is 362 g/mol. The third-order valence-corrected chi connectivity index (χ3v) is 4.77. The Kier molecular flexibility index (Phi) is 5.96. The van der Waals surface area contributed by atoms with Gasteiger partial charge in [-0.05, 0) is 41.8 Å². The predicted octanol–water partition coefficient (Wildman–Crippen LogP) is 2.79. The molecule has 2 rings (SSSR count). The average Bonchev–Trinajstić information content (AvgIpc) is 2.54. The summed E-state index contributed by atoms with van der Waals surface area (Å²) in [5, 5.41) is 9.32. The van der Waals surface area contributed by atoms with E-state index in [2.05, 4.69) is 4.72 Å². The molecule has 0 fully saturated rings. The van der Waals surface area contributed by atoms with E-state index >= 15 is 0 Å². The van der Waals surface area contributed by atoms with E-state index < -0.39 is 15.9 Å². The molecule has 0 aromatic heterocycles. The van der Waals surface area contributed by atoms with Crippen LogP contribution in [0.3, 0.4) is 0 Å². The Morgan fingerprint density at radius 2 is 1.62 bits per heavy atom. The molecule has 2 aromatic carbocycles. The third kappa shape index (κ3) is 5.69. The summed E-state index contributed by atoms with van der Waals surface area (Å²) in [5.41, 5.74) is 1.86. The molecule has 0 saturated carbocycles. The SMILES string of the molecule is N#Cc1ccc(CS(=O)(=O)NC(=O)CCc2ccc(Cl)cc2)cc1. The van der Waals surface area contributed by atoms with Crippen LogP contribution < -0.4 is 4.72 Å². The summed E-state index contributed by atoms with van der Waals surface area (Å²) in [7, 11) is -3.77. The second kappa shape index (κ2) is 7.95. The van der Waals surface area contributed by atoms with Gasteiger partial charge in [-0.2, -0.15) is 5.26 Å². The highest BCUT2D eigenvalue weighted by molar-refractivity contribution is 7.89. The molecule has 0 saturated heterocycles. The van der Waals surface area contributed by atoms with Crippen LogP contribution in [0, 0.1) is 11.3 Å². The van der Waals surface area contributed by atoms with Crippen LogP contribution in [0.5, 0.6) is 0 Å². The largest absolute Gasteiger partial charge is 0.274 e. The predicted molar refractivity (Wildman–Crippen MR) is 91.7 cm³/mol. The van der Waals surface area contributed by atoms with Crippen molar-refractivity contribution in [1.82, 2.24) is 4.72 Å². The van der Waals surface area contributed by atoms with Crippen LogP contribution in [-0.2, 0) is 27.0 Å². The maximum atomic E-state index is 12.0. The number of nitrogens with one attached hydrogen (secondary N) is 1. The summed E-state index contributed by atoms with van der Waals surface area (Å²) in [6.07, 6.45) is 0.490. The Morgan fingerprint density at radius 3 is 2.21 bits per heavy atom. The molecule has 0 aliphatic heterocycles. The van der Waals surface area contributed by atoms with E-state index in [4.69, 9.17) is 16.9 Å². The van der Waals surface area contributed by atoms with Crippen molar-refractivity contribution in [3.05, 3.63) is 70.2 Å². The number of nitriles is 1. The Labute approximate surface area is 145 Å². The number of carbonyl (C=O) groups excluding carboxylic acids is 1. The van der Waals surface area contributed by atoms with Crippen LogP contribution >= 0.6 is 11.6 Å². The molecule has 2 aromatic rings. The van der Waals surface area contributed by atoms with Crippen molar-refractivity contribution in [1.29, 1.82) is 5.26 Å². The number of amides is 1. The quantitative estimate of drug-likeness (QED) is 0.855. The van der Waals surface area contributed by atoms with Gasteiger partial charge < -0.3 is 0 Å². The van der Waals surface area contributed by atoms with E-state index in [1.165, 1.54) is 12.1 Å². The molecule has 0 aliphatic carbocycles. The zero-order valence-electron chi connectivity index (χ0n) is 12.7. The lowest BCUT2D eigenvalue weighted by molar-refractivity contribution is -0.119. The van der Waals surface area contributed by atoms with Gasteiger partial charge in [-0.15, -0.1) is 0 Å². The number of benzene rings is 2. The zero-order chi connectivity index (χ0) is 17.6. The topological polar surface area (TPSA) is 87.0 Å². The molecule has 124 valence electrons. The summed E-state index contributed by atoms with van der Waals surface area (Å²) < 4.78 is 26.1. The molecular formula is C17H15ClN2O3S. The van der Waals surface area contributed by atoms with E-state index in [0.29, 0.717) is 22.6 Å². The number of aryl methyl sites for hydroxylation is 1. The minimum atomic E-state index is -3.77. The minimum Gasteiger partial charge on any atom is -0.274 e. The van der Waals surface area contributed by atoms with Gasteiger partial charge in [0, 0.05) is 11.4 Å².